The molecule has 0 spiro atoms. The highest BCUT2D eigenvalue weighted by atomic mass is 16.2. The lowest BCUT2D eigenvalue weighted by atomic mass is 9.85. The molecule has 7 heteroatoms. The highest BCUT2D eigenvalue weighted by molar-refractivity contribution is 6.22. The van der Waals surface area contributed by atoms with Crippen molar-refractivity contribution in [1.29, 1.82) is 0 Å². The molecule has 1 aromatic carbocycles. The Morgan fingerprint density at radius 1 is 1.10 bits per heavy atom. The van der Waals surface area contributed by atoms with Crippen LogP contribution in [0.15, 0.2) is 64.3 Å². The van der Waals surface area contributed by atoms with E-state index in [0.29, 0.717) is 22.5 Å². The van der Waals surface area contributed by atoms with E-state index in [1.165, 1.54) is 0 Å². The molecule has 5 rings (SSSR count). The van der Waals surface area contributed by atoms with Gasteiger partial charge in [-0.3, -0.25) is 24.1 Å². The van der Waals surface area contributed by atoms with E-state index in [2.05, 4.69) is 10.3 Å². The molecule has 0 radical (unpaired) electrons. The number of allylic oxidation sites excluding steroid dienone is 3. The van der Waals surface area contributed by atoms with E-state index < -0.39 is 24.3 Å². The Balaban J connectivity index is 1.34. The van der Waals surface area contributed by atoms with Crippen LogP contribution in [0.25, 0.3) is 0 Å². The first-order valence-corrected chi connectivity index (χ1v) is 9.53. The maximum Gasteiger partial charge on any atom is 0.266 e. The Morgan fingerprint density at radius 3 is 2.55 bits per heavy atom. The van der Waals surface area contributed by atoms with Crippen LogP contribution in [0.1, 0.15) is 40.0 Å². The molecule has 0 fully saturated rings. The van der Waals surface area contributed by atoms with E-state index in [0.717, 1.165) is 35.3 Å². The van der Waals surface area contributed by atoms with Crippen LogP contribution < -0.4 is 5.32 Å². The van der Waals surface area contributed by atoms with Crippen molar-refractivity contribution in [2.24, 2.45) is 10.9 Å². The standard InChI is InChI=1S/C22H17N3O4/c26-19(11-25-21(28)16-4-1-2-5-17(16)22(25)29)23-12-8-9-14-13-6-3-7-15(13)20(27)24-18(14)10-12/h1-2,4-5,8-10,14H,3,6-7,11H2,(H,24,27). The normalized spacial score (nSPS) is 23.8. The van der Waals surface area contributed by atoms with Crippen LogP contribution >= 0.6 is 0 Å². The molecular formula is C22H17N3O4. The van der Waals surface area contributed by atoms with Gasteiger partial charge in [-0.15, -0.1) is 0 Å². The molecular weight excluding hydrogens is 370 g/mol. The zero-order chi connectivity index (χ0) is 20.1. The summed E-state index contributed by atoms with van der Waals surface area (Å²) in [5.41, 5.74) is 3.72. The van der Waals surface area contributed by atoms with Crippen LogP contribution in [-0.4, -0.2) is 40.8 Å². The van der Waals surface area contributed by atoms with Gasteiger partial charge in [0.1, 0.15) is 6.54 Å². The molecule has 1 atom stereocenters. The molecule has 2 aliphatic heterocycles. The molecule has 4 amide bonds. The molecule has 0 aromatic heterocycles. The van der Waals surface area contributed by atoms with E-state index in [-0.39, 0.29) is 11.8 Å². The number of benzene rings is 1. The number of fused-ring (bicyclic) bond motifs is 3. The second-order valence-electron chi connectivity index (χ2n) is 7.42. The van der Waals surface area contributed by atoms with Crippen LogP contribution in [0.3, 0.4) is 0 Å². The lowest BCUT2D eigenvalue weighted by Crippen LogP contribution is -2.36. The Hall–Kier alpha value is -3.61. The highest BCUT2D eigenvalue weighted by Crippen LogP contribution is 2.39. The van der Waals surface area contributed by atoms with Crippen molar-refractivity contribution in [3.63, 3.8) is 0 Å². The van der Waals surface area contributed by atoms with E-state index in [1.807, 2.05) is 6.08 Å². The lowest BCUT2D eigenvalue weighted by Gasteiger charge is -2.28. The van der Waals surface area contributed by atoms with Gasteiger partial charge in [-0.25, -0.2) is 4.99 Å². The average Bonchev–Trinajstić information content (AvgIpc) is 3.29. The maximum absolute atomic E-state index is 12.4. The SMILES string of the molecule is O=C(CN1C(=O)c2ccccc2C1=O)N=C1C=CC2C(=C1)NC(=O)C1=C2CCC1. The number of nitrogens with one attached hydrogen (secondary N) is 1. The minimum absolute atomic E-state index is 0.0236. The molecule has 1 aromatic rings. The van der Waals surface area contributed by atoms with Gasteiger partial charge in [0.15, 0.2) is 0 Å². The Bertz CT molecular complexity index is 1090. The fourth-order valence-electron chi connectivity index (χ4n) is 4.36. The minimum Gasteiger partial charge on any atom is -0.325 e. The van der Waals surface area contributed by atoms with Crippen LogP contribution in [0.2, 0.25) is 0 Å². The number of hydrogen-bond donors (Lipinski definition) is 1. The molecule has 144 valence electrons. The summed E-state index contributed by atoms with van der Waals surface area (Å²) in [4.78, 5) is 54.4. The molecule has 2 aliphatic carbocycles. The molecule has 29 heavy (non-hydrogen) atoms. The number of rotatable bonds is 2. The second kappa shape index (κ2) is 6.48. The van der Waals surface area contributed by atoms with Crippen molar-refractivity contribution in [2.45, 2.75) is 19.3 Å². The first kappa shape index (κ1) is 17.5. The molecule has 1 unspecified atom stereocenters. The van der Waals surface area contributed by atoms with Gasteiger partial charge in [0, 0.05) is 17.2 Å². The molecule has 0 saturated carbocycles. The number of nitrogens with zero attached hydrogens (tertiary/aromatic N) is 2. The summed E-state index contributed by atoms with van der Waals surface area (Å²) in [6, 6.07) is 6.49. The van der Waals surface area contributed by atoms with Crippen molar-refractivity contribution >= 4 is 29.3 Å². The van der Waals surface area contributed by atoms with Gasteiger partial charge in [0.25, 0.3) is 23.6 Å². The summed E-state index contributed by atoms with van der Waals surface area (Å²) in [7, 11) is 0. The summed E-state index contributed by atoms with van der Waals surface area (Å²) in [5, 5.41) is 2.89. The molecule has 1 N–H and O–H groups in total. The van der Waals surface area contributed by atoms with Gasteiger partial charge in [-0.05, 0) is 49.1 Å². The topological polar surface area (TPSA) is 95.9 Å². The molecule has 0 bridgehead atoms. The van der Waals surface area contributed by atoms with Gasteiger partial charge >= 0.3 is 0 Å². The predicted octanol–water partition coefficient (Wildman–Crippen LogP) is 1.93. The zero-order valence-corrected chi connectivity index (χ0v) is 15.5. The van der Waals surface area contributed by atoms with E-state index in [1.54, 1.807) is 36.4 Å². The fourth-order valence-corrected chi connectivity index (χ4v) is 4.36. The van der Waals surface area contributed by atoms with Crippen molar-refractivity contribution in [1.82, 2.24) is 10.2 Å². The fraction of sp³-hybridized carbons (Fsp3) is 0.227. The second-order valence-corrected chi connectivity index (χ2v) is 7.42. The first-order chi connectivity index (χ1) is 14.0. The zero-order valence-electron chi connectivity index (χ0n) is 15.5. The van der Waals surface area contributed by atoms with Crippen molar-refractivity contribution in [3.8, 4) is 0 Å². The highest BCUT2D eigenvalue weighted by Gasteiger charge is 2.37. The van der Waals surface area contributed by atoms with Gasteiger partial charge in [0.2, 0.25) is 0 Å². The molecule has 2 heterocycles. The average molecular weight is 387 g/mol. The Morgan fingerprint density at radius 2 is 1.83 bits per heavy atom. The number of carbonyl (C=O) groups is 4. The van der Waals surface area contributed by atoms with Gasteiger partial charge in [-0.2, -0.15) is 0 Å². The van der Waals surface area contributed by atoms with Crippen LogP contribution in [0.5, 0.6) is 0 Å². The third-order valence-electron chi connectivity index (χ3n) is 5.69. The van der Waals surface area contributed by atoms with Crippen LogP contribution in [0, 0.1) is 5.92 Å². The van der Waals surface area contributed by atoms with Crippen LogP contribution in [0.4, 0.5) is 0 Å². The summed E-state index contributed by atoms with van der Waals surface area (Å²) in [5.74, 6) is -1.63. The number of aliphatic imine (C=N–C) groups is 1. The monoisotopic (exact) mass is 387 g/mol. The third-order valence-corrected chi connectivity index (χ3v) is 5.69. The van der Waals surface area contributed by atoms with Gasteiger partial charge < -0.3 is 5.32 Å². The Kier molecular flexibility index (Phi) is 3.91. The van der Waals surface area contributed by atoms with E-state index in [4.69, 9.17) is 0 Å². The van der Waals surface area contributed by atoms with Crippen molar-refractivity contribution in [2.75, 3.05) is 6.54 Å². The number of carbonyl (C=O) groups excluding carboxylic acids is 4. The largest absolute Gasteiger partial charge is 0.325 e. The first-order valence-electron chi connectivity index (χ1n) is 9.53. The number of hydrogen-bond acceptors (Lipinski definition) is 4. The molecule has 4 aliphatic rings. The maximum atomic E-state index is 12.4. The van der Waals surface area contributed by atoms with Crippen LogP contribution in [-0.2, 0) is 9.59 Å². The molecule has 7 nitrogen and oxygen atoms in total. The third kappa shape index (κ3) is 2.77. The smallest absolute Gasteiger partial charge is 0.266 e. The van der Waals surface area contributed by atoms with Gasteiger partial charge in [-0.1, -0.05) is 18.2 Å². The summed E-state index contributed by atoms with van der Waals surface area (Å²) in [6.45, 7) is -0.419. The lowest BCUT2D eigenvalue weighted by molar-refractivity contribution is -0.118. The van der Waals surface area contributed by atoms with E-state index in [9.17, 15) is 19.2 Å². The quantitative estimate of drug-likeness (QED) is 0.785. The minimum atomic E-state index is -0.600. The summed E-state index contributed by atoms with van der Waals surface area (Å²) in [6.07, 6.45) is 8.05. The van der Waals surface area contributed by atoms with Gasteiger partial charge in [0.05, 0.1) is 16.8 Å². The molecule has 0 saturated heterocycles. The summed E-state index contributed by atoms with van der Waals surface area (Å²) >= 11 is 0. The van der Waals surface area contributed by atoms with Crippen molar-refractivity contribution in [3.05, 3.63) is 70.5 Å². The number of amides is 4. The summed E-state index contributed by atoms with van der Waals surface area (Å²) < 4.78 is 0. The van der Waals surface area contributed by atoms with E-state index >= 15 is 0 Å². The predicted molar refractivity (Wildman–Crippen MR) is 104 cm³/mol. The van der Waals surface area contributed by atoms with Crippen molar-refractivity contribution < 1.29 is 19.2 Å². The Labute approximate surface area is 166 Å². The number of imide groups is 1.